The zero-order valence-corrected chi connectivity index (χ0v) is 5.07. The number of aliphatic hydroxyl groups excluding tert-OH is 1. The van der Waals surface area contributed by atoms with Crippen molar-refractivity contribution in [3.05, 3.63) is 0 Å². The van der Waals surface area contributed by atoms with Crippen LogP contribution in [0.1, 0.15) is 13.3 Å². The Bertz CT molecular complexity index is 80.1. The lowest BCUT2D eigenvalue weighted by Crippen LogP contribution is -2.02. The van der Waals surface area contributed by atoms with Gasteiger partial charge < -0.3 is 5.11 Å². The molecule has 0 radical (unpaired) electrons. The van der Waals surface area contributed by atoms with Gasteiger partial charge in [0, 0.05) is 17.4 Å². The van der Waals surface area contributed by atoms with Crippen LogP contribution in [0.5, 0.6) is 0 Å². The highest BCUT2D eigenvalue weighted by Crippen LogP contribution is 2.48. The second-order valence-electron chi connectivity index (χ2n) is 2.48. The van der Waals surface area contributed by atoms with Gasteiger partial charge in [-0.3, -0.25) is 0 Å². The first-order valence-electron chi connectivity index (χ1n) is 2.44. The van der Waals surface area contributed by atoms with E-state index in [4.69, 9.17) is 16.7 Å². The zero-order valence-electron chi connectivity index (χ0n) is 4.32. The largest absolute Gasteiger partial charge is 0.396 e. The molecule has 42 valence electrons. The van der Waals surface area contributed by atoms with Gasteiger partial charge in [-0.15, -0.1) is 11.6 Å². The lowest BCUT2D eigenvalue weighted by molar-refractivity contribution is 0.225. The van der Waals surface area contributed by atoms with Crippen molar-refractivity contribution in [2.24, 2.45) is 5.41 Å². The van der Waals surface area contributed by atoms with Crippen LogP contribution in [0.4, 0.5) is 0 Å². The summed E-state index contributed by atoms with van der Waals surface area (Å²) in [7, 11) is 0. The minimum Gasteiger partial charge on any atom is -0.396 e. The monoisotopic (exact) mass is 120 g/mol. The Morgan fingerprint density at radius 3 is 2.43 bits per heavy atom. The van der Waals surface area contributed by atoms with E-state index in [9.17, 15) is 0 Å². The fraction of sp³-hybridized carbons (Fsp3) is 1.00. The minimum atomic E-state index is 0.0710. The molecule has 2 atom stereocenters. The first-order chi connectivity index (χ1) is 3.19. The summed E-state index contributed by atoms with van der Waals surface area (Å²) in [5, 5.41) is 8.79. The first kappa shape index (κ1) is 5.39. The number of hydrogen-bond acceptors (Lipinski definition) is 1. The Balaban J connectivity index is 2.36. The summed E-state index contributed by atoms with van der Waals surface area (Å²) in [5.41, 5.74) is 0.0710. The van der Waals surface area contributed by atoms with Gasteiger partial charge in [0.25, 0.3) is 0 Å². The minimum absolute atomic E-state index is 0.0710. The van der Waals surface area contributed by atoms with E-state index in [1.165, 1.54) is 0 Å². The molecule has 1 fully saturated rings. The van der Waals surface area contributed by atoms with Gasteiger partial charge in [-0.1, -0.05) is 6.92 Å². The number of rotatable bonds is 1. The second kappa shape index (κ2) is 1.36. The fourth-order valence-corrected chi connectivity index (χ4v) is 0.936. The molecule has 1 aliphatic rings. The zero-order chi connectivity index (χ0) is 5.49. The molecule has 2 heteroatoms. The van der Waals surface area contributed by atoms with Crippen LogP contribution >= 0.6 is 11.6 Å². The molecule has 0 aliphatic heterocycles. The first-order valence-corrected chi connectivity index (χ1v) is 2.87. The Morgan fingerprint density at radius 2 is 2.43 bits per heavy atom. The number of alkyl halides is 1. The van der Waals surface area contributed by atoms with Crippen molar-refractivity contribution in [1.82, 2.24) is 0 Å². The summed E-state index contributed by atoms with van der Waals surface area (Å²) in [6.07, 6.45) is 0.977. The van der Waals surface area contributed by atoms with E-state index in [1.807, 2.05) is 6.92 Å². The quantitative estimate of drug-likeness (QED) is 0.512. The van der Waals surface area contributed by atoms with E-state index in [2.05, 4.69) is 0 Å². The van der Waals surface area contributed by atoms with Gasteiger partial charge in [-0.2, -0.15) is 0 Å². The molecule has 0 aromatic carbocycles. The smallest absolute Gasteiger partial charge is 0.0499 e. The Morgan fingerprint density at radius 1 is 2.00 bits per heavy atom. The van der Waals surface area contributed by atoms with E-state index in [0.29, 0.717) is 0 Å². The molecule has 0 aromatic rings. The Kier molecular flexibility index (Phi) is 1.05. The molecule has 1 N–H and O–H groups in total. The molecule has 1 aliphatic carbocycles. The van der Waals surface area contributed by atoms with Crippen molar-refractivity contribution in [1.29, 1.82) is 0 Å². The van der Waals surface area contributed by atoms with Gasteiger partial charge in [0.2, 0.25) is 0 Å². The SMILES string of the molecule is C[C@@]1(CO)C[C@@H]1Cl. The van der Waals surface area contributed by atoms with E-state index in [0.717, 1.165) is 6.42 Å². The number of aliphatic hydroxyl groups is 1. The average Bonchev–Trinajstić information content (AvgIpc) is 2.18. The van der Waals surface area contributed by atoms with Gasteiger partial charge in [0.05, 0.1) is 0 Å². The van der Waals surface area contributed by atoms with Crippen molar-refractivity contribution in [3.8, 4) is 0 Å². The van der Waals surface area contributed by atoms with Gasteiger partial charge in [0.15, 0.2) is 0 Å². The van der Waals surface area contributed by atoms with Gasteiger partial charge in [-0.05, 0) is 6.42 Å². The third-order valence-corrected chi connectivity index (χ3v) is 2.28. The van der Waals surface area contributed by atoms with Gasteiger partial charge in [0.1, 0.15) is 0 Å². The molecular weight excluding hydrogens is 112 g/mol. The van der Waals surface area contributed by atoms with Crippen molar-refractivity contribution in [2.45, 2.75) is 18.7 Å². The van der Waals surface area contributed by atoms with Gasteiger partial charge in [-0.25, -0.2) is 0 Å². The third kappa shape index (κ3) is 0.752. The van der Waals surface area contributed by atoms with Crippen molar-refractivity contribution >= 4 is 11.6 Å². The molecule has 1 nitrogen and oxygen atoms in total. The summed E-state index contributed by atoms with van der Waals surface area (Å²) < 4.78 is 0. The molecule has 0 spiro atoms. The lowest BCUT2D eigenvalue weighted by atomic mass is 10.2. The van der Waals surface area contributed by atoms with Crippen LogP contribution in [0.15, 0.2) is 0 Å². The molecule has 0 saturated heterocycles. The van der Waals surface area contributed by atoms with E-state index in [-0.39, 0.29) is 17.4 Å². The number of hydrogen-bond donors (Lipinski definition) is 1. The maximum atomic E-state index is 8.55. The molecule has 0 unspecified atom stereocenters. The van der Waals surface area contributed by atoms with Crippen LogP contribution in [0.25, 0.3) is 0 Å². The molecule has 0 heterocycles. The topological polar surface area (TPSA) is 20.2 Å². The maximum absolute atomic E-state index is 8.55. The molecule has 1 rings (SSSR count). The van der Waals surface area contributed by atoms with Crippen LogP contribution in [0, 0.1) is 5.41 Å². The highest BCUT2D eigenvalue weighted by Gasteiger charge is 2.48. The van der Waals surface area contributed by atoms with Crippen LogP contribution < -0.4 is 0 Å². The molecule has 7 heavy (non-hydrogen) atoms. The summed E-state index contributed by atoms with van der Waals surface area (Å²) in [5.74, 6) is 0. The normalized spacial score (nSPS) is 49.3. The molecule has 0 amide bonds. The van der Waals surface area contributed by atoms with Crippen LogP contribution in [-0.4, -0.2) is 17.1 Å². The molecule has 0 aromatic heterocycles. The highest BCUT2D eigenvalue weighted by atomic mass is 35.5. The standard InChI is InChI=1S/C5H9ClO/c1-5(3-7)2-4(5)6/h4,7H,2-3H2,1H3/t4-,5-/m0/s1. The summed E-state index contributed by atoms with van der Waals surface area (Å²) in [6.45, 7) is 2.23. The predicted molar refractivity (Wildman–Crippen MR) is 29.5 cm³/mol. The summed E-state index contributed by atoms with van der Waals surface area (Å²) in [6, 6.07) is 0. The predicted octanol–water partition coefficient (Wildman–Crippen LogP) is 0.996. The Labute approximate surface area is 48.3 Å². The van der Waals surface area contributed by atoms with E-state index >= 15 is 0 Å². The fourth-order valence-electron chi connectivity index (χ4n) is 0.514. The van der Waals surface area contributed by atoms with Crippen LogP contribution in [0.2, 0.25) is 0 Å². The Hall–Kier alpha value is 0.250. The van der Waals surface area contributed by atoms with E-state index < -0.39 is 0 Å². The second-order valence-corrected chi connectivity index (χ2v) is 3.01. The highest BCUT2D eigenvalue weighted by molar-refractivity contribution is 6.23. The van der Waals surface area contributed by atoms with Crippen molar-refractivity contribution in [3.63, 3.8) is 0 Å². The summed E-state index contributed by atoms with van der Waals surface area (Å²) in [4.78, 5) is 0. The molecule has 1 saturated carbocycles. The lowest BCUT2D eigenvalue weighted by Gasteiger charge is -1.98. The van der Waals surface area contributed by atoms with Crippen molar-refractivity contribution in [2.75, 3.05) is 6.61 Å². The summed E-state index contributed by atoms with van der Waals surface area (Å²) >= 11 is 5.63. The molecule has 0 bridgehead atoms. The molecular formula is C5H9ClO. The van der Waals surface area contributed by atoms with Crippen LogP contribution in [0.3, 0.4) is 0 Å². The van der Waals surface area contributed by atoms with Gasteiger partial charge >= 0.3 is 0 Å². The average molecular weight is 121 g/mol. The van der Waals surface area contributed by atoms with Crippen LogP contribution in [-0.2, 0) is 0 Å². The van der Waals surface area contributed by atoms with E-state index in [1.54, 1.807) is 0 Å². The third-order valence-electron chi connectivity index (χ3n) is 1.60. The number of halogens is 1. The maximum Gasteiger partial charge on any atom is 0.0499 e. The van der Waals surface area contributed by atoms with Crippen molar-refractivity contribution < 1.29 is 5.11 Å².